The van der Waals surface area contributed by atoms with Crippen molar-refractivity contribution >= 4 is 64.5 Å². The molecule has 0 radical (unpaired) electrons. The molecule has 0 saturated carbocycles. The van der Waals surface area contributed by atoms with Crippen LogP contribution in [0.3, 0.4) is 0 Å². The maximum absolute atomic E-state index is 13.0. The van der Waals surface area contributed by atoms with Crippen LogP contribution in [0.5, 0.6) is 0 Å². The van der Waals surface area contributed by atoms with E-state index >= 15 is 0 Å². The Kier molecular flexibility index (Phi) is 8.17. The summed E-state index contributed by atoms with van der Waals surface area (Å²) in [6.07, 6.45) is 8.09. The van der Waals surface area contributed by atoms with Gasteiger partial charge in [0.15, 0.2) is 0 Å². The Bertz CT molecular complexity index is 2160. The van der Waals surface area contributed by atoms with Gasteiger partial charge in [0, 0.05) is 22.1 Å². The number of rotatable bonds is 4. The number of H-pyrrole nitrogens is 2. The van der Waals surface area contributed by atoms with Crippen LogP contribution in [0.2, 0.25) is 0 Å². The minimum atomic E-state index is -3.61. The summed E-state index contributed by atoms with van der Waals surface area (Å²) in [5.41, 5.74) is 7.86. The predicted molar refractivity (Wildman–Crippen MR) is 205 cm³/mol. The van der Waals surface area contributed by atoms with Gasteiger partial charge in [0.05, 0.1) is 22.8 Å². The number of fused-ring (bicyclic) bond motifs is 8. The third-order valence-corrected chi connectivity index (χ3v) is 14.1. The normalized spacial score (nSPS) is 12.8. The zero-order valence-electron chi connectivity index (χ0n) is 27.1. The van der Waals surface area contributed by atoms with Crippen LogP contribution in [0, 0.1) is 0 Å². The van der Waals surface area contributed by atoms with Crippen molar-refractivity contribution in [3.63, 3.8) is 0 Å². The van der Waals surface area contributed by atoms with Gasteiger partial charge in [-0.05, 0) is 72.8 Å². The summed E-state index contributed by atoms with van der Waals surface area (Å²) in [5.74, 6) is 0. The summed E-state index contributed by atoms with van der Waals surface area (Å²) in [7, 11) is 0. The Labute approximate surface area is 291 Å². The van der Waals surface area contributed by atoms with Gasteiger partial charge in [-0.2, -0.15) is 0 Å². The van der Waals surface area contributed by atoms with Crippen molar-refractivity contribution in [2.45, 2.75) is 0 Å². The van der Waals surface area contributed by atoms with Crippen molar-refractivity contribution in [2.24, 2.45) is 0 Å². The summed E-state index contributed by atoms with van der Waals surface area (Å²) < 4.78 is 16.7. The van der Waals surface area contributed by atoms with Gasteiger partial charge >= 0.3 is 155 Å². The van der Waals surface area contributed by atoms with Crippen LogP contribution in [-0.2, 0) is 11.7 Å². The van der Waals surface area contributed by atoms with Crippen molar-refractivity contribution in [1.29, 1.82) is 0 Å². The second kappa shape index (κ2) is 13.1. The van der Waals surface area contributed by atoms with E-state index < -0.39 is 11.7 Å². The van der Waals surface area contributed by atoms with E-state index in [0.29, 0.717) is 0 Å². The van der Waals surface area contributed by atoms with Gasteiger partial charge in [0.25, 0.3) is 0 Å². The third-order valence-electron chi connectivity index (χ3n) is 8.31. The molecular formula is C44H35N4NiO. The summed E-state index contributed by atoms with van der Waals surface area (Å²) in [5, 5.41) is 0. The fraction of sp³-hybridized carbons (Fsp3) is 0. The monoisotopic (exact) mass is 693 g/mol. The van der Waals surface area contributed by atoms with Crippen LogP contribution >= 0.6 is 0 Å². The Hall–Kier alpha value is -6.07. The molecule has 2 aliphatic rings. The van der Waals surface area contributed by atoms with E-state index in [-0.39, 0.29) is 0 Å². The van der Waals surface area contributed by atoms with Crippen LogP contribution in [0.1, 0.15) is 22.8 Å². The number of aromatic nitrogens is 4. The Morgan fingerprint density at radius 1 is 0.340 bits per heavy atom. The van der Waals surface area contributed by atoms with Crippen molar-refractivity contribution in [3.05, 3.63) is 193 Å². The Balaban J connectivity index is 0.000000145. The average Bonchev–Trinajstić information content (AvgIpc) is 4.00. The van der Waals surface area contributed by atoms with E-state index in [9.17, 15) is 4.25 Å². The molecule has 247 valence electrons. The Morgan fingerprint density at radius 3 is 0.820 bits per heavy atom. The molecule has 0 saturated heterocycles. The number of aromatic amines is 2. The third kappa shape index (κ3) is 5.81. The van der Waals surface area contributed by atoms with Crippen LogP contribution in [0.25, 0.3) is 46.4 Å². The molecule has 2 aliphatic heterocycles. The number of hydrogen-bond donors (Lipinski definition) is 3. The molecule has 0 aliphatic carbocycles. The molecule has 0 spiro atoms. The van der Waals surface area contributed by atoms with Gasteiger partial charge in [0.2, 0.25) is 0 Å². The molecule has 0 fully saturated rings. The minimum absolute atomic E-state index is 0.932. The van der Waals surface area contributed by atoms with E-state index in [2.05, 4.69) is 44.2 Å². The maximum atomic E-state index is 13.0. The fourth-order valence-electron chi connectivity index (χ4n) is 6.01. The molecule has 4 aromatic carbocycles. The molecule has 5 nitrogen and oxygen atoms in total. The van der Waals surface area contributed by atoms with Gasteiger partial charge in [-0.25, -0.2) is 9.97 Å². The standard InChI is InChI=1S/C20H14N4.4C6H5.Ni.H2O/c1-2-14-10-16-5-6-18(23-16)12-20-8-7-19(24-20)11-17-4-3-15(22-17)9-13(1)21-14;4*1-2-4-6-5-3-1;;/h1-12,21,24H;4*1-5H;;1H2/q;;;;;+1;/p-1. The first-order valence-corrected chi connectivity index (χ1v) is 18.7. The van der Waals surface area contributed by atoms with Gasteiger partial charge in [-0.1, -0.05) is 0 Å². The number of benzene rings is 4. The van der Waals surface area contributed by atoms with E-state index in [1.807, 2.05) is 170 Å². The second-order valence-electron chi connectivity index (χ2n) is 11.7. The first-order valence-electron chi connectivity index (χ1n) is 16.3. The zero-order chi connectivity index (χ0) is 33.8. The molecule has 0 amide bonds. The first-order chi connectivity index (χ1) is 24.5. The SMILES string of the molecule is C1=Cc2cc3ccc(cc4nc(cc5ccc(cc1n2)[nH]5)C=C4)[nH]3.[OH][Ni]([c]1ccccc1)([c]1ccccc1)([c]1ccccc1)[c]1ccccc1. The predicted octanol–water partition coefficient (Wildman–Crippen LogP) is 7.54. The van der Waals surface area contributed by atoms with E-state index in [1.54, 1.807) is 0 Å². The van der Waals surface area contributed by atoms with Crippen LogP contribution in [0.4, 0.5) is 0 Å². The van der Waals surface area contributed by atoms with Gasteiger partial charge in [-0.15, -0.1) is 0 Å². The average molecular weight is 694 g/mol. The molecule has 3 aromatic heterocycles. The molecule has 5 heterocycles. The molecule has 7 aromatic rings. The number of nitrogens with zero attached hydrogens (tertiary/aromatic N) is 2. The zero-order valence-corrected chi connectivity index (χ0v) is 28.1. The summed E-state index contributed by atoms with van der Waals surface area (Å²) in [6, 6.07) is 56.6. The topological polar surface area (TPSA) is 77.6 Å². The van der Waals surface area contributed by atoms with Gasteiger partial charge in [-0.3, -0.25) is 0 Å². The molecule has 8 bridgehead atoms. The molecule has 3 N–H and O–H groups in total. The van der Waals surface area contributed by atoms with Crippen molar-refractivity contribution in [2.75, 3.05) is 0 Å². The van der Waals surface area contributed by atoms with Crippen LogP contribution in [0.15, 0.2) is 170 Å². The van der Waals surface area contributed by atoms with E-state index in [4.69, 9.17) is 0 Å². The van der Waals surface area contributed by atoms with Gasteiger partial charge < -0.3 is 9.97 Å². The molecule has 50 heavy (non-hydrogen) atoms. The van der Waals surface area contributed by atoms with Crippen molar-refractivity contribution in [3.8, 4) is 0 Å². The van der Waals surface area contributed by atoms with Crippen molar-refractivity contribution < 1.29 is 15.9 Å². The quantitative estimate of drug-likeness (QED) is 0.167. The van der Waals surface area contributed by atoms with Crippen molar-refractivity contribution in [1.82, 2.24) is 19.9 Å². The van der Waals surface area contributed by atoms with Crippen LogP contribution < -0.4 is 18.1 Å². The molecule has 6 heteroatoms. The molecule has 9 rings (SSSR count). The van der Waals surface area contributed by atoms with Crippen LogP contribution in [-0.4, -0.2) is 24.2 Å². The second-order valence-corrected chi connectivity index (χ2v) is 16.3. The molecule has 0 unspecified atom stereocenters. The molecule has 0 atom stereocenters. The van der Waals surface area contributed by atoms with E-state index in [0.717, 1.165) is 63.0 Å². The summed E-state index contributed by atoms with van der Waals surface area (Å²) in [6.45, 7) is 0. The van der Waals surface area contributed by atoms with E-state index in [1.165, 1.54) is 0 Å². The summed E-state index contributed by atoms with van der Waals surface area (Å²) >= 11 is -3.61. The number of hydrogen-bond acceptors (Lipinski definition) is 3. The number of nitrogens with one attached hydrogen (secondary N) is 2. The molecular weight excluding hydrogens is 659 g/mol. The van der Waals surface area contributed by atoms with Gasteiger partial charge in [0.1, 0.15) is 0 Å². The first kappa shape index (κ1) is 31.2. The Morgan fingerprint density at radius 2 is 0.580 bits per heavy atom. The fourth-order valence-corrected chi connectivity index (χ4v) is 11.3. The summed E-state index contributed by atoms with van der Waals surface area (Å²) in [4.78, 5) is 16.0.